The summed E-state index contributed by atoms with van der Waals surface area (Å²) in [7, 11) is 0. The molecule has 4 heteroatoms. The Morgan fingerprint density at radius 2 is 1.75 bits per heavy atom. The Morgan fingerprint density at radius 3 is 2.40 bits per heavy atom. The van der Waals surface area contributed by atoms with Crippen molar-refractivity contribution < 1.29 is 18.9 Å². The molecule has 2 bridgehead atoms. The van der Waals surface area contributed by atoms with Gasteiger partial charge < -0.3 is 18.9 Å². The standard InChI is InChI=1S/C16H28O4/c1-9(2)17-12-7-6-8-13-16(12)15(18-10(3)4)14(19-13)11(5)20-16/h9-15H,6-8H2,1-5H3/t11-,12+,13+,14+,15+,16?/m0/s1. The summed E-state index contributed by atoms with van der Waals surface area (Å²) in [6.45, 7) is 10.4. The van der Waals surface area contributed by atoms with Crippen molar-refractivity contribution in [1.82, 2.24) is 0 Å². The molecule has 3 aliphatic rings. The molecular weight excluding hydrogens is 256 g/mol. The lowest BCUT2D eigenvalue weighted by molar-refractivity contribution is -0.252. The van der Waals surface area contributed by atoms with Gasteiger partial charge in [-0.15, -0.1) is 0 Å². The quantitative estimate of drug-likeness (QED) is 0.795. The molecule has 0 N–H and O–H groups in total. The Kier molecular flexibility index (Phi) is 3.87. The first-order valence-electron chi connectivity index (χ1n) is 8.09. The zero-order valence-electron chi connectivity index (χ0n) is 13.3. The smallest absolute Gasteiger partial charge is 0.149 e. The van der Waals surface area contributed by atoms with Crippen LogP contribution in [0, 0.1) is 0 Å². The molecule has 0 aromatic rings. The van der Waals surface area contributed by atoms with Crippen molar-refractivity contribution in [2.45, 2.75) is 102 Å². The molecule has 0 radical (unpaired) electrons. The molecule has 0 aromatic heterocycles. The van der Waals surface area contributed by atoms with Crippen LogP contribution >= 0.6 is 0 Å². The van der Waals surface area contributed by atoms with E-state index in [2.05, 4.69) is 34.6 Å². The average molecular weight is 284 g/mol. The van der Waals surface area contributed by atoms with Gasteiger partial charge in [0.15, 0.2) is 0 Å². The summed E-state index contributed by atoms with van der Waals surface area (Å²) in [5, 5.41) is 0. The van der Waals surface area contributed by atoms with E-state index in [0.29, 0.717) is 0 Å². The predicted octanol–water partition coefficient (Wildman–Crippen LogP) is 2.68. The van der Waals surface area contributed by atoms with Crippen LogP contribution in [0.4, 0.5) is 0 Å². The molecule has 1 unspecified atom stereocenters. The van der Waals surface area contributed by atoms with Gasteiger partial charge in [-0.2, -0.15) is 0 Å². The number of ether oxygens (including phenoxy) is 4. The van der Waals surface area contributed by atoms with Gasteiger partial charge in [0.05, 0.1) is 30.5 Å². The zero-order chi connectivity index (χ0) is 14.5. The predicted molar refractivity (Wildman–Crippen MR) is 75.8 cm³/mol. The van der Waals surface area contributed by atoms with Crippen molar-refractivity contribution in [3.63, 3.8) is 0 Å². The van der Waals surface area contributed by atoms with Crippen LogP contribution in [0.2, 0.25) is 0 Å². The zero-order valence-corrected chi connectivity index (χ0v) is 13.3. The summed E-state index contributed by atoms with van der Waals surface area (Å²) in [5.74, 6) is 0. The van der Waals surface area contributed by atoms with Gasteiger partial charge in [0.25, 0.3) is 0 Å². The Hall–Kier alpha value is -0.160. The van der Waals surface area contributed by atoms with Crippen molar-refractivity contribution in [2.75, 3.05) is 0 Å². The molecule has 0 amide bonds. The molecule has 3 fully saturated rings. The van der Waals surface area contributed by atoms with E-state index in [1.807, 2.05) is 0 Å². The van der Waals surface area contributed by atoms with E-state index in [1.54, 1.807) is 0 Å². The minimum atomic E-state index is -0.392. The SMILES string of the molecule is CC(C)O[C@@H]1[C@@H]2O[C@@H]3CCC[C@@H](OC(C)C)C13O[C@H]2C. The van der Waals surface area contributed by atoms with E-state index >= 15 is 0 Å². The Bertz CT molecular complexity index is 356. The van der Waals surface area contributed by atoms with Crippen LogP contribution in [0.15, 0.2) is 0 Å². The number of rotatable bonds is 4. The number of hydrogen-bond donors (Lipinski definition) is 0. The minimum absolute atomic E-state index is 0.00606. The van der Waals surface area contributed by atoms with Gasteiger partial charge in [-0.1, -0.05) is 0 Å². The second-order valence-corrected chi connectivity index (χ2v) is 6.98. The molecule has 2 aliphatic heterocycles. The maximum atomic E-state index is 6.40. The van der Waals surface area contributed by atoms with E-state index < -0.39 is 5.60 Å². The molecule has 1 spiro atoms. The molecule has 2 heterocycles. The second kappa shape index (κ2) is 5.24. The number of hydrogen-bond acceptors (Lipinski definition) is 4. The normalized spacial score (nSPS) is 47.2. The van der Waals surface area contributed by atoms with Crippen LogP contribution in [0.1, 0.15) is 53.9 Å². The molecule has 4 nitrogen and oxygen atoms in total. The lowest BCUT2D eigenvalue weighted by atomic mass is 9.77. The molecular formula is C16H28O4. The molecule has 6 atom stereocenters. The Balaban J connectivity index is 1.91. The fourth-order valence-electron chi connectivity index (χ4n) is 4.15. The van der Waals surface area contributed by atoms with Crippen molar-refractivity contribution in [3.8, 4) is 0 Å². The van der Waals surface area contributed by atoms with Gasteiger partial charge in [0.1, 0.15) is 17.8 Å². The van der Waals surface area contributed by atoms with E-state index in [9.17, 15) is 0 Å². The van der Waals surface area contributed by atoms with E-state index in [-0.39, 0.29) is 42.7 Å². The summed E-state index contributed by atoms with van der Waals surface area (Å²) in [6, 6.07) is 0. The van der Waals surface area contributed by atoms with E-state index in [4.69, 9.17) is 18.9 Å². The minimum Gasteiger partial charge on any atom is -0.372 e. The molecule has 0 aromatic carbocycles. The van der Waals surface area contributed by atoms with Crippen molar-refractivity contribution in [3.05, 3.63) is 0 Å². The summed E-state index contributed by atoms with van der Waals surface area (Å²) in [6.07, 6.45) is 3.97. The van der Waals surface area contributed by atoms with Gasteiger partial charge >= 0.3 is 0 Å². The molecule has 2 saturated heterocycles. The topological polar surface area (TPSA) is 36.9 Å². The highest BCUT2D eigenvalue weighted by atomic mass is 16.7. The largest absolute Gasteiger partial charge is 0.372 e. The molecule has 116 valence electrons. The van der Waals surface area contributed by atoms with Gasteiger partial charge in [0, 0.05) is 0 Å². The van der Waals surface area contributed by atoms with Crippen molar-refractivity contribution in [1.29, 1.82) is 0 Å². The fourth-order valence-corrected chi connectivity index (χ4v) is 4.15. The maximum absolute atomic E-state index is 6.40. The molecule has 20 heavy (non-hydrogen) atoms. The highest BCUT2D eigenvalue weighted by Gasteiger charge is 2.70. The fraction of sp³-hybridized carbons (Fsp3) is 1.00. The first-order valence-corrected chi connectivity index (χ1v) is 8.09. The van der Waals surface area contributed by atoms with Gasteiger partial charge in [-0.3, -0.25) is 0 Å². The van der Waals surface area contributed by atoms with Crippen LogP contribution < -0.4 is 0 Å². The summed E-state index contributed by atoms with van der Waals surface area (Å²) in [4.78, 5) is 0. The summed E-state index contributed by atoms with van der Waals surface area (Å²) < 4.78 is 25.1. The third-order valence-electron chi connectivity index (χ3n) is 4.71. The first kappa shape index (κ1) is 14.8. The number of fused-ring (bicyclic) bond motifs is 1. The summed E-state index contributed by atoms with van der Waals surface area (Å²) >= 11 is 0. The van der Waals surface area contributed by atoms with Gasteiger partial charge in [0.2, 0.25) is 0 Å². The van der Waals surface area contributed by atoms with Crippen LogP contribution in [0.5, 0.6) is 0 Å². The lowest BCUT2D eigenvalue weighted by Crippen LogP contribution is -2.60. The molecule has 3 rings (SSSR count). The van der Waals surface area contributed by atoms with Crippen LogP contribution in [-0.2, 0) is 18.9 Å². The Labute approximate surface area is 122 Å². The first-order chi connectivity index (χ1) is 9.45. The highest BCUT2D eigenvalue weighted by molar-refractivity contribution is 5.18. The maximum Gasteiger partial charge on any atom is 0.149 e. The monoisotopic (exact) mass is 284 g/mol. The van der Waals surface area contributed by atoms with E-state index in [0.717, 1.165) is 19.3 Å². The van der Waals surface area contributed by atoms with Crippen molar-refractivity contribution >= 4 is 0 Å². The Morgan fingerprint density at radius 1 is 1.05 bits per heavy atom. The second-order valence-electron chi connectivity index (χ2n) is 6.98. The van der Waals surface area contributed by atoms with Gasteiger partial charge in [-0.05, 0) is 53.9 Å². The molecule has 1 aliphatic carbocycles. The lowest BCUT2D eigenvalue weighted by Gasteiger charge is -2.46. The van der Waals surface area contributed by atoms with Crippen LogP contribution in [0.3, 0.4) is 0 Å². The van der Waals surface area contributed by atoms with Crippen LogP contribution in [0.25, 0.3) is 0 Å². The van der Waals surface area contributed by atoms with Crippen LogP contribution in [-0.4, -0.2) is 48.3 Å². The summed E-state index contributed by atoms with van der Waals surface area (Å²) in [5.41, 5.74) is -0.392. The van der Waals surface area contributed by atoms with Crippen molar-refractivity contribution in [2.24, 2.45) is 0 Å². The van der Waals surface area contributed by atoms with Gasteiger partial charge in [-0.25, -0.2) is 0 Å². The third kappa shape index (κ3) is 2.12. The average Bonchev–Trinajstić information content (AvgIpc) is 2.77. The third-order valence-corrected chi connectivity index (χ3v) is 4.71. The molecule has 1 saturated carbocycles. The highest BCUT2D eigenvalue weighted by Crippen LogP contribution is 2.53. The van der Waals surface area contributed by atoms with E-state index in [1.165, 1.54) is 0 Å².